The lowest BCUT2D eigenvalue weighted by molar-refractivity contribution is -0.118. The summed E-state index contributed by atoms with van der Waals surface area (Å²) in [5.74, 6) is 2.74. The molecule has 0 saturated heterocycles. The molecular weight excluding hydrogens is 112 g/mol. The first kappa shape index (κ1) is 6.10. The molecule has 0 saturated carbocycles. The van der Waals surface area contributed by atoms with Crippen molar-refractivity contribution >= 4 is 5.78 Å². The van der Waals surface area contributed by atoms with E-state index in [1.165, 1.54) is 0 Å². The van der Waals surface area contributed by atoms with Crippen LogP contribution < -0.4 is 0 Å². The molecule has 0 heterocycles. The Labute approximate surface area is 54.8 Å². The Hall–Kier alpha value is -1.03. The number of hydrogen-bond acceptors (Lipinski definition) is 1. The standard InChI is InChI=1S/C8H8O/c1-2-7-4-3-5-8(9)6-7/h1,4H,3,5-6H2. The van der Waals surface area contributed by atoms with Gasteiger partial charge in [-0.3, -0.25) is 4.79 Å². The van der Waals surface area contributed by atoms with Gasteiger partial charge in [0.25, 0.3) is 0 Å². The molecule has 0 radical (unpaired) electrons. The lowest BCUT2D eigenvalue weighted by Crippen LogP contribution is -2.02. The van der Waals surface area contributed by atoms with Crippen LogP contribution in [0.2, 0.25) is 0 Å². The van der Waals surface area contributed by atoms with E-state index in [0.717, 1.165) is 12.0 Å². The van der Waals surface area contributed by atoms with Crippen LogP contribution in [0.5, 0.6) is 0 Å². The van der Waals surface area contributed by atoms with Gasteiger partial charge < -0.3 is 0 Å². The van der Waals surface area contributed by atoms with Gasteiger partial charge in [0.05, 0.1) is 0 Å². The van der Waals surface area contributed by atoms with Crippen LogP contribution in [0, 0.1) is 12.3 Å². The van der Waals surface area contributed by atoms with Crippen LogP contribution in [0.4, 0.5) is 0 Å². The summed E-state index contributed by atoms with van der Waals surface area (Å²) in [6.07, 6.45) is 9.04. The highest BCUT2D eigenvalue weighted by atomic mass is 16.1. The summed E-state index contributed by atoms with van der Waals surface area (Å²) in [6.45, 7) is 0. The summed E-state index contributed by atoms with van der Waals surface area (Å²) in [6, 6.07) is 0. The van der Waals surface area contributed by atoms with Crippen LogP contribution >= 0.6 is 0 Å². The van der Waals surface area contributed by atoms with E-state index in [4.69, 9.17) is 6.42 Å². The van der Waals surface area contributed by atoms with E-state index < -0.39 is 0 Å². The summed E-state index contributed by atoms with van der Waals surface area (Å²) < 4.78 is 0. The number of rotatable bonds is 0. The van der Waals surface area contributed by atoms with Gasteiger partial charge in [0, 0.05) is 18.4 Å². The summed E-state index contributed by atoms with van der Waals surface area (Å²) in [5.41, 5.74) is 0.853. The summed E-state index contributed by atoms with van der Waals surface area (Å²) in [5, 5.41) is 0. The summed E-state index contributed by atoms with van der Waals surface area (Å²) in [7, 11) is 0. The highest BCUT2D eigenvalue weighted by Gasteiger charge is 2.07. The van der Waals surface area contributed by atoms with E-state index in [1.807, 2.05) is 6.08 Å². The number of ketones is 1. The second-order valence-electron chi connectivity index (χ2n) is 2.13. The zero-order valence-corrected chi connectivity index (χ0v) is 5.18. The Morgan fingerprint density at radius 1 is 1.67 bits per heavy atom. The van der Waals surface area contributed by atoms with Crippen molar-refractivity contribution in [1.29, 1.82) is 0 Å². The Balaban J connectivity index is 2.67. The molecule has 0 amide bonds. The van der Waals surface area contributed by atoms with Gasteiger partial charge in [-0.1, -0.05) is 12.0 Å². The van der Waals surface area contributed by atoms with E-state index in [-0.39, 0.29) is 5.78 Å². The first-order valence-corrected chi connectivity index (χ1v) is 3.00. The van der Waals surface area contributed by atoms with Crippen molar-refractivity contribution in [2.75, 3.05) is 0 Å². The SMILES string of the molecule is C#CC1=CCCC(=O)C1. The van der Waals surface area contributed by atoms with E-state index in [2.05, 4.69) is 5.92 Å². The van der Waals surface area contributed by atoms with Crippen LogP contribution in [0.3, 0.4) is 0 Å². The number of Topliss-reactive ketones (excluding diaryl/α,β-unsaturated/α-hetero) is 1. The van der Waals surface area contributed by atoms with Gasteiger partial charge in [0.2, 0.25) is 0 Å². The Kier molecular flexibility index (Phi) is 1.69. The third kappa shape index (κ3) is 1.43. The minimum Gasteiger partial charge on any atom is -0.299 e. The fraction of sp³-hybridized carbons (Fsp3) is 0.375. The van der Waals surface area contributed by atoms with E-state index in [1.54, 1.807) is 0 Å². The van der Waals surface area contributed by atoms with Crippen LogP contribution in [0.25, 0.3) is 0 Å². The highest BCUT2D eigenvalue weighted by molar-refractivity contribution is 5.83. The zero-order valence-electron chi connectivity index (χ0n) is 5.18. The fourth-order valence-corrected chi connectivity index (χ4v) is 0.890. The van der Waals surface area contributed by atoms with Gasteiger partial charge >= 0.3 is 0 Å². The second kappa shape index (κ2) is 2.50. The zero-order chi connectivity index (χ0) is 6.69. The fourth-order valence-electron chi connectivity index (χ4n) is 0.890. The highest BCUT2D eigenvalue weighted by Crippen LogP contribution is 2.12. The number of carbonyl (C=O) groups excluding carboxylic acids is 1. The average Bonchev–Trinajstić information content (AvgIpc) is 1.88. The monoisotopic (exact) mass is 120 g/mol. The van der Waals surface area contributed by atoms with Crippen LogP contribution in [-0.4, -0.2) is 5.78 Å². The van der Waals surface area contributed by atoms with Crippen molar-refractivity contribution in [3.05, 3.63) is 11.6 Å². The van der Waals surface area contributed by atoms with Crippen molar-refractivity contribution in [1.82, 2.24) is 0 Å². The molecule has 0 aromatic carbocycles. The van der Waals surface area contributed by atoms with Crippen LogP contribution in [-0.2, 0) is 4.79 Å². The molecule has 0 bridgehead atoms. The predicted molar refractivity (Wildman–Crippen MR) is 35.8 cm³/mol. The molecule has 0 aliphatic heterocycles. The molecular formula is C8H8O. The third-order valence-corrected chi connectivity index (χ3v) is 1.39. The first-order chi connectivity index (χ1) is 4.33. The van der Waals surface area contributed by atoms with Crippen molar-refractivity contribution in [2.24, 2.45) is 0 Å². The molecule has 0 atom stereocenters. The van der Waals surface area contributed by atoms with Gasteiger partial charge in [0.15, 0.2) is 0 Å². The number of carbonyl (C=O) groups is 1. The molecule has 0 N–H and O–H groups in total. The minimum absolute atomic E-state index is 0.269. The third-order valence-electron chi connectivity index (χ3n) is 1.39. The van der Waals surface area contributed by atoms with Gasteiger partial charge in [-0.15, -0.1) is 6.42 Å². The molecule has 0 aromatic heterocycles. The van der Waals surface area contributed by atoms with Gasteiger partial charge in [-0.25, -0.2) is 0 Å². The van der Waals surface area contributed by atoms with Gasteiger partial charge in [-0.2, -0.15) is 0 Å². The average molecular weight is 120 g/mol. The maximum Gasteiger partial charge on any atom is 0.138 e. The van der Waals surface area contributed by atoms with Crippen molar-refractivity contribution in [3.63, 3.8) is 0 Å². The molecule has 9 heavy (non-hydrogen) atoms. The topological polar surface area (TPSA) is 17.1 Å². The number of allylic oxidation sites excluding steroid dienone is 2. The number of hydrogen-bond donors (Lipinski definition) is 0. The lowest BCUT2D eigenvalue weighted by Gasteiger charge is -2.04. The predicted octanol–water partition coefficient (Wildman–Crippen LogP) is 1.30. The van der Waals surface area contributed by atoms with Gasteiger partial charge in [0.1, 0.15) is 5.78 Å². The smallest absolute Gasteiger partial charge is 0.138 e. The molecule has 0 fully saturated rings. The van der Waals surface area contributed by atoms with Gasteiger partial charge in [-0.05, 0) is 6.42 Å². The molecule has 1 aliphatic rings. The molecule has 1 rings (SSSR count). The molecule has 1 heteroatoms. The quantitative estimate of drug-likeness (QED) is 0.440. The van der Waals surface area contributed by atoms with Crippen molar-refractivity contribution < 1.29 is 4.79 Å². The Bertz CT molecular complexity index is 193. The molecule has 1 nitrogen and oxygen atoms in total. The van der Waals surface area contributed by atoms with Crippen molar-refractivity contribution in [3.8, 4) is 12.3 Å². The first-order valence-electron chi connectivity index (χ1n) is 3.00. The molecule has 0 spiro atoms. The van der Waals surface area contributed by atoms with E-state index in [0.29, 0.717) is 12.8 Å². The molecule has 1 aliphatic carbocycles. The summed E-state index contributed by atoms with van der Waals surface area (Å²) >= 11 is 0. The second-order valence-corrected chi connectivity index (χ2v) is 2.13. The lowest BCUT2D eigenvalue weighted by atomic mass is 9.99. The Morgan fingerprint density at radius 2 is 2.44 bits per heavy atom. The molecule has 0 unspecified atom stereocenters. The summed E-state index contributed by atoms with van der Waals surface area (Å²) in [4.78, 5) is 10.7. The molecule has 46 valence electrons. The van der Waals surface area contributed by atoms with Crippen LogP contribution in [0.15, 0.2) is 11.6 Å². The minimum atomic E-state index is 0.269. The maximum atomic E-state index is 10.7. The van der Waals surface area contributed by atoms with E-state index in [9.17, 15) is 4.79 Å². The normalized spacial score (nSPS) is 18.6. The van der Waals surface area contributed by atoms with Crippen LogP contribution in [0.1, 0.15) is 19.3 Å². The largest absolute Gasteiger partial charge is 0.299 e. The molecule has 0 aromatic rings. The number of terminal acetylenes is 1. The Morgan fingerprint density at radius 3 is 2.89 bits per heavy atom. The van der Waals surface area contributed by atoms with Crippen molar-refractivity contribution in [2.45, 2.75) is 19.3 Å². The van der Waals surface area contributed by atoms with E-state index >= 15 is 0 Å². The maximum absolute atomic E-state index is 10.7.